The fourth-order valence-electron chi connectivity index (χ4n) is 1.53. The Hall–Kier alpha value is -1.75. The summed E-state index contributed by atoms with van der Waals surface area (Å²) in [5.41, 5.74) is 1.15. The van der Waals surface area contributed by atoms with Crippen LogP contribution in [-0.4, -0.2) is 10.8 Å². The van der Waals surface area contributed by atoms with E-state index in [1.165, 1.54) is 19.1 Å². The van der Waals surface area contributed by atoms with Crippen molar-refractivity contribution in [1.29, 1.82) is 0 Å². The molecule has 0 amide bonds. The van der Waals surface area contributed by atoms with Crippen LogP contribution in [0.3, 0.4) is 0 Å². The molecular formula is C14H11BrFNO2. The SMILES string of the molecule is CC(=O)c1ccc(OCc2cncc(Br)c2)c(F)c1. The number of carbonyl (C=O) groups excluding carboxylic acids is 1. The number of benzene rings is 1. The summed E-state index contributed by atoms with van der Waals surface area (Å²) in [5, 5.41) is 0. The Morgan fingerprint density at radius 1 is 1.37 bits per heavy atom. The van der Waals surface area contributed by atoms with Gasteiger partial charge in [0.15, 0.2) is 17.3 Å². The molecule has 0 unspecified atom stereocenters. The summed E-state index contributed by atoms with van der Waals surface area (Å²) >= 11 is 3.30. The van der Waals surface area contributed by atoms with Gasteiger partial charge in [-0.3, -0.25) is 9.78 Å². The van der Waals surface area contributed by atoms with Gasteiger partial charge in [0.05, 0.1) is 0 Å². The first kappa shape index (κ1) is 13.7. The van der Waals surface area contributed by atoms with E-state index < -0.39 is 5.82 Å². The van der Waals surface area contributed by atoms with Crippen molar-refractivity contribution in [3.8, 4) is 5.75 Å². The molecule has 0 saturated carbocycles. The van der Waals surface area contributed by atoms with Crippen LogP contribution in [0.4, 0.5) is 4.39 Å². The molecule has 0 fully saturated rings. The third-order valence-corrected chi connectivity index (χ3v) is 2.93. The van der Waals surface area contributed by atoms with Crippen molar-refractivity contribution in [1.82, 2.24) is 4.98 Å². The second-order valence-corrected chi connectivity index (χ2v) is 4.92. The molecule has 1 aromatic carbocycles. The number of ether oxygens (including phenoxy) is 1. The average Bonchev–Trinajstić information content (AvgIpc) is 2.37. The minimum atomic E-state index is -0.546. The van der Waals surface area contributed by atoms with Gasteiger partial charge in [0.1, 0.15) is 6.61 Å². The van der Waals surface area contributed by atoms with Crippen LogP contribution >= 0.6 is 15.9 Å². The Labute approximate surface area is 118 Å². The van der Waals surface area contributed by atoms with E-state index in [0.29, 0.717) is 5.56 Å². The van der Waals surface area contributed by atoms with E-state index in [2.05, 4.69) is 20.9 Å². The predicted molar refractivity (Wildman–Crippen MR) is 72.7 cm³/mol. The largest absolute Gasteiger partial charge is 0.486 e. The molecule has 0 radical (unpaired) electrons. The van der Waals surface area contributed by atoms with E-state index in [1.54, 1.807) is 18.5 Å². The van der Waals surface area contributed by atoms with Gasteiger partial charge in [-0.15, -0.1) is 0 Å². The Morgan fingerprint density at radius 3 is 2.79 bits per heavy atom. The third kappa shape index (κ3) is 3.61. The summed E-state index contributed by atoms with van der Waals surface area (Å²) in [6.45, 7) is 1.60. The highest BCUT2D eigenvalue weighted by Gasteiger charge is 2.07. The maximum Gasteiger partial charge on any atom is 0.165 e. The number of rotatable bonds is 4. The van der Waals surface area contributed by atoms with Crippen molar-refractivity contribution in [2.75, 3.05) is 0 Å². The molecule has 1 aromatic heterocycles. The lowest BCUT2D eigenvalue weighted by molar-refractivity contribution is 0.101. The number of ketones is 1. The van der Waals surface area contributed by atoms with Crippen molar-refractivity contribution < 1.29 is 13.9 Å². The Kier molecular flexibility index (Phi) is 4.27. The molecule has 2 rings (SSSR count). The number of Topliss-reactive ketones (excluding diaryl/α,β-unsaturated/α-hetero) is 1. The summed E-state index contributed by atoms with van der Waals surface area (Å²) in [6.07, 6.45) is 3.30. The molecule has 2 aromatic rings. The molecule has 3 nitrogen and oxygen atoms in total. The van der Waals surface area contributed by atoms with Gasteiger partial charge < -0.3 is 4.74 Å². The van der Waals surface area contributed by atoms with E-state index in [9.17, 15) is 9.18 Å². The summed E-state index contributed by atoms with van der Waals surface area (Å²) in [4.78, 5) is 15.1. The highest BCUT2D eigenvalue weighted by Crippen LogP contribution is 2.20. The summed E-state index contributed by atoms with van der Waals surface area (Å²) in [7, 11) is 0. The van der Waals surface area contributed by atoms with Crippen molar-refractivity contribution in [3.63, 3.8) is 0 Å². The average molecular weight is 324 g/mol. The Morgan fingerprint density at radius 2 is 2.16 bits per heavy atom. The smallest absolute Gasteiger partial charge is 0.165 e. The Bertz CT molecular complexity index is 616. The first-order valence-electron chi connectivity index (χ1n) is 5.59. The fourth-order valence-corrected chi connectivity index (χ4v) is 1.95. The first-order valence-corrected chi connectivity index (χ1v) is 6.38. The van der Waals surface area contributed by atoms with E-state index in [4.69, 9.17) is 4.74 Å². The lowest BCUT2D eigenvalue weighted by Gasteiger charge is -2.08. The minimum absolute atomic E-state index is 0.116. The monoisotopic (exact) mass is 323 g/mol. The maximum atomic E-state index is 13.7. The number of hydrogen-bond acceptors (Lipinski definition) is 3. The fraction of sp³-hybridized carbons (Fsp3) is 0.143. The van der Waals surface area contributed by atoms with Crippen LogP contribution in [0.25, 0.3) is 0 Å². The molecule has 0 atom stereocenters. The number of hydrogen-bond donors (Lipinski definition) is 0. The quantitative estimate of drug-likeness (QED) is 0.804. The van der Waals surface area contributed by atoms with Crippen LogP contribution in [0, 0.1) is 5.82 Å². The molecule has 98 valence electrons. The topological polar surface area (TPSA) is 39.2 Å². The van der Waals surface area contributed by atoms with Gasteiger partial charge in [-0.2, -0.15) is 0 Å². The molecule has 0 saturated heterocycles. The molecule has 19 heavy (non-hydrogen) atoms. The van der Waals surface area contributed by atoms with Gasteiger partial charge in [-0.1, -0.05) is 0 Å². The predicted octanol–water partition coefficient (Wildman–Crippen LogP) is 3.76. The molecule has 0 aliphatic rings. The van der Waals surface area contributed by atoms with Crippen molar-refractivity contribution >= 4 is 21.7 Å². The molecular weight excluding hydrogens is 313 g/mol. The van der Waals surface area contributed by atoms with Crippen LogP contribution in [-0.2, 0) is 6.61 Å². The Balaban J connectivity index is 2.10. The zero-order chi connectivity index (χ0) is 13.8. The van der Waals surface area contributed by atoms with Crippen LogP contribution in [0.2, 0.25) is 0 Å². The lowest BCUT2D eigenvalue weighted by Crippen LogP contribution is -2.00. The third-order valence-electron chi connectivity index (χ3n) is 2.49. The summed E-state index contributed by atoms with van der Waals surface area (Å²) in [5.74, 6) is -0.609. The van der Waals surface area contributed by atoms with Crippen molar-refractivity contribution in [3.05, 3.63) is 58.1 Å². The van der Waals surface area contributed by atoms with Crippen LogP contribution in [0.15, 0.2) is 41.1 Å². The molecule has 0 bridgehead atoms. The minimum Gasteiger partial charge on any atom is -0.486 e. The number of pyridine rings is 1. The zero-order valence-corrected chi connectivity index (χ0v) is 11.8. The van der Waals surface area contributed by atoms with E-state index in [-0.39, 0.29) is 18.1 Å². The molecule has 1 heterocycles. The van der Waals surface area contributed by atoms with Gasteiger partial charge in [-0.25, -0.2) is 4.39 Å². The van der Waals surface area contributed by atoms with Crippen molar-refractivity contribution in [2.24, 2.45) is 0 Å². The number of nitrogens with zero attached hydrogens (tertiary/aromatic N) is 1. The summed E-state index contributed by atoms with van der Waals surface area (Å²) < 4.78 is 19.9. The second-order valence-electron chi connectivity index (χ2n) is 4.00. The highest BCUT2D eigenvalue weighted by molar-refractivity contribution is 9.10. The molecule has 0 N–H and O–H groups in total. The van der Waals surface area contributed by atoms with Gasteiger partial charge >= 0.3 is 0 Å². The second kappa shape index (κ2) is 5.93. The molecule has 0 aliphatic carbocycles. The van der Waals surface area contributed by atoms with Crippen LogP contribution in [0.1, 0.15) is 22.8 Å². The molecule has 0 spiro atoms. The normalized spacial score (nSPS) is 10.3. The van der Waals surface area contributed by atoms with E-state index >= 15 is 0 Å². The highest BCUT2D eigenvalue weighted by atomic mass is 79.9. The van der Waals surface area contributed by atoms with Gasteiger partial charge in [-0.05, 0) is 47.1 Å². The van der Waals surface area contributed by atoms with E-state index in [0.717, 1.165) is 10.0 Å². The number of aromatic nitrogens is 1. The first-order chi connectivity index (χ1) is 9.06. The van der Waals surface area contributed by atoms with Crippen LogP contribution < -0.4 is 4.74 Å². The molecule has 5 heteroatoms. The number of halogens is 2. The van der Waals surface area contributed by atoms with Crippen LogP contribution in [0.5, 0.6) is 5.75 Å². The van der Waals surface area contributed by atoms with Crippen molar-refractivity contribution in [2.45, 2.75) is 13.5 Å². The lowest BCUT2D eigenvalue weighted by atomic mass is 10.1. The standard InChI is InChI=1S/C14H11BrFNO2/c1-9(18)11-2-3-14(13(16)5-11)19-8-10-4-12(15)7-17-6-10/h2-7H,8H2,1H3. The molecule has 0 aliphatic heterocycles. The van der Waals surface area contributed by atoms with Gasteiger partial charge in [0.25, 0.3) is 0 Å². The van der Waals surface area contributed by atoms with E-state index in [1.807, 2.05) is 6.07 Å². The zero-order valence-electron chi connectivity index (χ0n) is 10.2. The summed E-state index contributed by atoms with van der Waals surface area (Å²) in [6, 6.07) is 6.02. The maximum absolute atomic E-state index is 13.7. The van der Waals surface area contributed by atoms with Gasteiger partial charge in [0, 0.05) is 28.0 Å². The number of carbonyl (C=O) groups is 1. The van der Waals surface area contributed by atoms with Gasteiger partial charge in [0.2, 0.25) is 0 Å².